The molecule has 0 amide bonds. The number of thiazole rings is 1. The molecule has 2 nitrogen and oxygen atoms in total. The number of likely N-dealkylation sites (N-methyl/N-ethyl adjacent to an activating group) is 1. The Morgan fingerprint density at radius 1 is 1.24 bits per heavy atom. The van der Waals surface area contributed by atoms with E-state index < -0.39 is 0 Å². The fraction of sp³-hybridized carbons (Fsp3) is 0.312. The summed E-state index contributed by atoms with van der Waals surface area (Å²) in [6.07, 6.45) is 0.866. The van der Waals surface area contributed by atoms with Crippen LogP contribution in [0.1, 0.15) is 26.5 Å². The van der Waals surface area contributed by atoms with Crippen LogP contribution in [0.3, 0.4) is 0 Å². The Bertz CT molecular complexity index is 756. The van der Waals surface area contributed by atoms with Crippen molar-refractivity contribution in [2.45, 2.75) is 26.3 Å². The molecule has 0 saturated carbocycles. The van der Waals surface area contributed by atoms with E-state index in [2.05, 4.69) is 23.3 Å². The summed E-state index contributed by atoms with van der Waals surface area (Å²) < 4.78 is 14.3. The van der Waals surface area contributed by atoms with Crippen LogP contribution in [0.15, 0.2) is 24.3 Å². The van der Waals surface area contributed by atoms with E-state index in [9.17, 15) is 4.39 Å². The number of hydrogen-bond donors (Lipinski definition) is 1. The minimum atomic E-state index is -0.178. The first kappa shape index (κ1) is 14.6. The van der Waals surface area contributed by atoms with Gasteiger partial charge in [0.25, 0.3) is 0 Å². The van der Waals surface area contributed by atoms with Gasteiger partial charge < -0.3 is 5.32 Å². The maximum absolute atomic E-state index is 13.3. The van der Waals surface area contributed by atoms with Crippen LogP contribution >= 0.6 is 22.7 Å². The van der Waals surface area contributed by atoms with Crippen molar-refractivity contribution in [1.82, 2.24) is 10.3 Å². The first-order valence-electron chi connectivity index (χ1n) is 6.86. The van der Waals surface area contributed by atoms with E-state index in [0.717, 1.165) is 27.2 Å². The standard InChI is InChI=1S/C16H17FN2S2/c1-9-10(2)20-16(19-9)8-13(18-3)15-6-11-4-5-12(17)7-14(11)21-15/h4-7,13,18H,8H2,1-3H3. The molecule has 0 aliphatic rings. The van der Waals surface area contributed by atoms with Crippen molar-refractivity contribution in [3.8, 4) is 0 Å². The molecular formula is C16H17FN2S2. The highest BCUT2D eigenvalue weighted by atomic mass is 32.1. The number of aryl methyl sites for hydroxylation is 2. The Hall–Kier alpha value is -1.30. The number of fused-ring (bicyclic) bond motifs is 1. The van der Waals surface area contributed by atoms with Crippen molar-refractivity contribution in [2.75, 3.05) is 7.05 Å². The van der Waals surface area contributed by atoms with Crippen molar-refractivity contribution >= 4 is 32.8 Å². The first-order valence-corrected chi connectivity index (χ1v) is 8.49. The monoisotopic (exact) mass is 320 g/mol. The van der Waals surface area contributed by atoms with Crippen LogP contribution in [0.4, 0.5) is 4.39 Å². The Kier molecular flexibility index (Phi) is 4.06. The lowest BCUT2D eigenvalue weighted by Gasteiger charge is -2.12. The summed E-state index contributed by atoms with van der Waals surface area (Å²) in [4.78, 5) is 7.12. The van der Waals surface area contributed by atoms with E-state index in [-0.39, 0.29) is 11.9 Å². The zero-order valence-corrected chi connectivity index (χ0v) is 13.9. The van der Waals surface area contributed by atoms with Crippen LogP contribution < -0.4 is 5.32 Å². The number of aromatic nitrogens is 1. The lowest BCUT2D eigenvalue weighted by Crippen LogP contribution is -2.17. The van der Waals surface area contributed by atoms with Crippen LogP contribution in [0.25, 0.3) is 10.1 Å². The van der Waals surface area contributed by atoms with Gasteiger partial charge in [-0.05, 0) is 44.5 Å². The van der Waals surface area contributed by atoms with Crippen molar-refractivity contribution in [2.24, 2.45) is 0 Å². The van der Waals surface area contributed by atoms with Crippen LogP contribution in [-0.2, 0) is 6.42 Å². The predicted octanol–water partition coefficient (Wildman–Crippen LogP) is 4.62. The third-order valence-corrected chi connectivity index (χ3v) is 5.95. The number of nitrogens with one attached hydrogen (secondary N) is 1. The van der Waals surface area contributed by atoms with Crippen LogP contribution in [0.5, 0.6) is 0 Å². The molecule has 0 fully saturated rings. The molecule has 0 spiro atoms. The maximum Gasteiger partial charge on any atom is 0.124 e. The van der Waals surface area contributed by atoms with Gasteiger partial charge in [-0.1, -0.05) is 6.07 Å². The molecular weight excluding hydrogens is 303 g/mol. The molecule has 0 aliphatic heterocycles. The van der Waals surface area contributed by atoms with Crippen molar-refractivity contribution in [1.29, 1.82) is 0 Å². The van der Waals surface area contributed by atoms with Crippen molar-refractivity contribution in [3.63, 3.8) is 0 Å². The number of rotatable bonds is 4. The van der Waals surface area contributed by atoms with Gasteiger partial charge in [-0.15, -0.1) is 22.7 Å². The molecule has 5 heteroatoms. The number of hydrogen-bond acceptors (Lipinski definition) is 4. The van der Waals surface area contributed by atoms with Crippen LogP contribution in [-0.4, -0.2) is 12.0 Å². The van der Waals surface area contributed by atoms with Gasteiger partial charge in [0.05, 0.1) is 10.7 Å². The largest absolute Gasteiger partial charge is 0.312 e. The van der Waals surface area contributed by atoms with Gasteiger partial charge in [0.15, 0.2) is 0 Å². The number of nitrogens with zero attached hydrogens (tertiary/aromatic N) is 1. The summed E-state index contributed by atoms with van der Waals surface area (Å²) in [6.45, 7) is 4.15. The van der Waals surface area contributed by atoms with E-state index in [1.54, 1.807) is 28.7 Å². The van der Waals surface area contributed by atoms with Gasteiger partial charge in [0.1, 0.15) is 5.82 Å². The SMILES string of the molecule is CNC(Cc1nc(C)c(C)s1)c1cc2ccc(F)cc2s1. The van der Waals surface area contributed by atoms with E-state index in [1.165, 1.54) is 15.8 Å². The molecule has 0 aliphatic carbocycles. The second kappa shape index (κ2) is 5.83. The predicted molar refractivity (Wildman–Crippen MR) is 88.9 cm³/mol. The van der Waals surface area contributed by atoms with Crippen LogP contribution in [0, 0.1) is 19.7 Å². The van der Waals surface area contributed by atoms with E-state index in [4.69, 9.17) is 0 Å². The smallest absolute Gasteiger partial charge is 0.124 e. The molecule has 1 unspecified atom stereocenters. The lowest BCUT2D eigenvalue weighted by atomic mass is 10.1. The average molecular weight is 320 g/mol. The lowest BCUT2D eigenvalue weighted by molar-refractivity contribution is 0.600. The van der Waals surface area contributed by atoms with E-state index in [1.807, 2.05) is 20.0 Å². The number of halogens is 1. The zero-order valence-electron chi connectivity index (χ0n) is 12.2. The molecule has 3 aromatic rings. The number of thiophene rings is 1. The normalized spacial score (nSPS) is 13.0. The molecule has 2 aromatic heterocycles. The molecule has 3 rings (SSSR count). The molecule has 1 aromatic carbocycles. The highest BCUT2D eigenvalue weighted by Gasteiger charge is 2.16. The molecule has 2 heterocycles. The second-order valence-corrected chi connectivity index (χ2v) is 7.53. The molecule has 0 bridgehead atoms. The summed E-state index contributed by atoms with van der Waals surface area (Å²) in [7, 11) is 1.96. The molecule has 110 valence electrons. The Morgan fingerprint density at radius 3 is 2.71 bits per heavy atom. The minimum absolute atomic E-state index is 0.178. The Balaban J connectivity index is 1.90. The molecule has 1 N–H and O–H groups in total. The third kappa shape index (κ3) is 3.00. The Morgan fingerprint density at radius 2 is 2.05 bits per heavy atom. The van der Waals surface area contributed by atoms with Crippen molar-refractivity contribution < 1.29 is 4.39 Å². The van der Waals surface area contributed by atoms with Crippen molar-refractivity contribution in [3.05, 3.63) is 50.5 Å². The number of benzene rings is 1. The third-order valence-electron chi connectivity index (χ3n) is 3.64. The van der Waals surface area contributed by atoms with Gasteiger partial charge in [-0.2, -0.15) is 0 Å². The second-order valence-electron chi connectivity index (χ2n) is 5.13. The highest BCUT2D eigenvalue weighted by Crippen LogP contribution is 2.32. The first-order chi connectivity index (χ1) is 10.1. The highest BCUT2D eigenvalue weighted by molar-refractivity contribution is 7.19. The summed E-state index contributed by atoms with van der Waals surface area (Å²) in [6, 6.07) is 7.33. The fourth-order valence-corrected chi connectivity index (χ4v) is 4.52. The topological polar surface area (TPSA) is 24.9 Å². The Labute approximate surface area is 131 Å². The van der Waals surface area contributed by atoms with E-state index in [0.29, 0.717) is 0 Å². The zero-order chi connectivity index (χ0) is 15.0. The maximum atomic E-state index is 13.3. The van der Waals surface area contributed by atoms with Gasteiger partial charge in [0.2, 0.25) is 0 Å². The van der Waals surface area contributed by atoms with E-state index >= 15 is 0 Å². The molecule has 0 radical (unpaired) electrons. The van der Waals surface area contributed by atoms with Gasteiger partial charge in [-0.25, -0.2) is 9.37 Å². The van der Waals surface area contributed by atoms with Crippen LogP contribution in [0.2, 0.25) is 0 Å². The minimum Gasteiger partial charge on any atom is -0.312 e. The summed E-state index contributed by atoms with van der Waals surface area (Å²) >= 11 is 3.40. The summed E-state index contributed by atoms with van der Waals surface area (Å²) in [5.41, 5.74) is 1.11. The van der Waals surface area contributed by atoms with Gasteiger partial charge >= 0.3 is 0 Å². The summed E-state index contributed by atoms with van der Waals surface area (Å²) in [5.74, 6) is -0.178. The fourth-order valence-electron chi connectivity index (χ4n) is 2.34. The summed E-state index contributed by atoms with van der Waals surface area (Å²) in [5, 5.41) is 5.60. The molecule has 21 heavy (non-hydrogen) atoms. The molecule has 1 atom stereocenters. The van der Waals surface area contributed by atoms with Gasteiger partial charge in [-0.3, -0.25) is 0 Å². The van der Waals surface area contributed by atoms with Gasteiger partial charge in [0, 0.05) is 26.9 Å². The molecule has 0 saturated heterocycles. The quantitative estimate of drug-likeness (QED) is 0.759. The average Bonchev–Trinajstić information content (AvgIpc) is 2.99.